The summed E-state index contributed by atoms with van der Waals surface area (Å²) in [5, 5.41) is 7.70. The molecule has 0 aliphatic heterocycles. The van der Waals surface area contributed by atoms with E-state index in [9.17, 15) is 4.79 Å². The maximum absolute atomic E-state index is 11.5. The smallest absolute Gasteiger partial charge is 0.321 e. The van der Waals surface area contributed by atoms with Gasteiger partial charge in [0.25, 0.3) is 0 Å². The minimum atomic E-state index is -0.291. The molecule has 0 atom stereocenters. The van der Waals surface area contributed by atoms with E-state index >= 15 is 0 Å². The molecule has 0 saturated heterocycles. The Labute approximate surface area is 108 Å². The lowest BCUT2D eigenvalue weighted by atomic mass is 10.3. The van der Waals surface area contributed by atoms with E-state index in [1.54, 1.807) is 30.9 Å². The molecule has 2 amide bonds. The first-order valence-corrected chi connectivity index (χ1v) is 6.09. The molecule has 18 heavy (non-hydrogen) atoms. The lowest BCUT2D eigenvalue weighted by Crippen LogP contribution is -2.28. The van der Waals surface area contributed by atoms with Crippen LogP contribution in [0.25, 0.3) is 0 Å². The Hall–Kier alpha value is -2.15. The van der Waals surface area contributed by atoms with Gasteiger partial charge in [0.1, 0.15) is 0 Å². The zero-order valence-electron chi connectivity index (χ0n) is 9.71. The van der Waals surface area contributed by atoms with Crippen LogP contribution in [0.5, 0.6) is 5.88 Å². The lowest BCUT2D eigenvalue weighted by molar-refractivity contribution is 0.251. The van der Waals surface area contributed by atoms with Crippen molar-refractivity contribution in [1.82, 2.24) is 15.3 Å². The summed E-state index contributed by atoms with van der Waals surface area (Å²) in [6.45, 7) is 0.397. The third-order valence-corrected chi connectivity index (χ3v) is 2.80. The van der Waals surface area contributed by atoms with Crippen molar-refractivity contribution in [3.63, 3.8) is 0 Å². The molecule has 0 aliphatic rings. The molecule has 0 saturated carbocycles. The molecule has 2 heterocycles. The monoisotopic (exact) mass is 264 g/mol. The topological polar surface area (TPSA) is 76.1 Å². The summed E-state index contributed by atoms with van der Waals surface area (Å²) in [6, 6.07) is 3.30. The second kappa shape index (κ2) is 5.97. The number of anilines is 1. The molecule has 0 unspecified atom stereocenters. The number of urea groups is 1. The molecule has 6 nitrogen and oxygen atoms in total. The molecule has 0 radical (unpaired) electrons. The van der Waals surface area contributed by atoms with Gasteiger partial charge in [-0.2, -0.15) is 0 Å². The average molecular weight is 264 g/mol. The third-order valence-electron chi connectivity index (χ3n) is 2.11. The zero-order chi connectivity index (χ0) is 12.8. The number of nitrogens with one attached hydrogen (secondary N) is 2. The van der Waals surface area contributed by atoms with Crippen molar-refractivity contribution >= 4 is 22.5 Å². The summed E-state index contributed by atoms with van der Waals surface area (Å²) < 4.78 is 4.95. The first kappa shape index (κ1) is 12.3. The number of aromatic nitrogens is 2. The molecule has 2 rings (SSSR count). The number of carbonyl (C=O) groups is 1. The number of pyridine rings is 1. The molecule has 0 bridgehead atoms. The SMILES string of the molecule is COc1ccc(CNC(=O)Nc2nccs2)cn1. The van der Waals surface area contributed by atoms with E-state index in [1.807, 2.05) is 6.07 Å². The molecule has 2 aromatic heterocycles. The van der Waals surface area contributed by atoms with Gasteiger partial charge in [0.15, 0.2) is 5.13 Å². The number of nitrogens with zero attached hydrogens (tertiary/aromatic N) is 2. The van der Waals surface area contributed by atoms with Crippen LogP contribution in [0, 0.1) is 0 Å². The predicted molar refractivity (Wildman–Crippen MR) is 68.8 cm³/mol. The van der Waals surface area contributed by atoms with Gasteiger partial charge in [0.2, 0.25) is 5.88 Å². The van der Waals surface area contributed by atoms with Crippen molar-refractivity contribution in [2.24, 2.45) is 0 Å². The van der Waals surface area contributed by atoms with Gasteiger partial charge in [-0.1, -0.05) is 6.07 Å². The van der Waals surface area contributed by atoms with E-state index < -0.39 is 0 Å². The van der Waals surface area contributed by atoms with E-state index in [-0.39, 0.29) is 6.03 Å². The Kier molecular flexibility index (Phi) is 4.08. The van der Waals surface area contributed by atoms with Gasteiger partial charge in [-0.15, -0.1) is 11.3 Å². The summed E-state index contributed by atoms with van der Waals surface area (Å²) in [7, 11) is 1.56. The molecule has 0 aromatic carbocycles. The van der Waals surface area contributed by atoms with Crippen molar-refractivity contribution in [3.05, 3.63) is 35.5 Å². The fourth-order valence-corrected chi connectivity index (χ4v) is 1.77. The highest BCUT2D eigenvalue weighted by molar-refractivity contribution is 7.13. The highest BCUT2D eigenvalue weighted by atomic mass is 32.1. The highest BCUT2D eigenvalue weighted by Crippen LogP contribution is 2.10. The molecule has 2 aromatic rings. The Morgan fingerprint density at radius 1 is 1.44 bits per heavy atom. The van der Waals surface area contributed by atoms with Gasteiger partial charge in [0.05, 0.1) is 7.11 Å². The maximum Gasteiger partial charge on any atom is 0.321 e. The van der Waals surface area contributed by atoms with Crippen LogP contribution >= 0.6 is 11.3 Å². The van der Waals surface area contributed by atoms with Crippen LogP contribution in [0.15, 0.2) is 29.9 Å². The number of thiazole rings is 1. The van der Waals surface area contributed by atoms with E-state index in [1.165, 1.54) is 11.3 Å². The predicted octanol–water partition coefficient (Wildman–Crippen LogP) is 1.87. The Morgan fingerprint density at radius 2 is 2.33 bits per heavy atom. The van der Waals surface area contributed by atoms with Crippen LogP contribution < -0.4 is 15.4 Å². The van der Waals surface area contributed by atoms with Gasteiger partial charge in [0, 0.05) is 30.4 Å². The number of methoxy groups -OCH3 is 1. The van der Waals surface area contributed by atoms with Crippen molar-refractivity contribution in [1.29, 1.82) is 0 Å². The van der Waals surface area contributed by atoms with Gasteiger partial charge >= 0.3 is 6.03 Å². The van der Waals surface area contributed by atoms with Crippen LogP contribution in [0.1, 0.15) is 5.56 Å². The minimum absolute atomic E-state index is 0.291. The zero-order valence-corrected chi connectivity index (χ0v) is 10.5. The van der Waals surface area contributed by atoms with Gasteiger partial charge in [-0.25, -0.2) is 14.8 Å². The van der Waals surface area contributed by atoms with Crippen LogP contribution in [0.4, 0.5) is 9.93 Å². The Balaban J connectivity index is 1.81. The second-order valence-electron chi connectivity index (χ2n) is 3.35. The fraction of sp³-hybridized carbons (Fsp3) is 0.182. The summed E-state index contributed by atoms with van der Waals surface area (Å²) in [5.74, 6) is 0.547. The molecule has 0 aliphatic carbocycles. The molecule has 7 heteroatoms. The van der Waals surface area contributed by atoms with Gasteiger partial charge < -0.3 is 10.1 Å². The number of carbonyl (C=O) groups excluding carboxylic acids is 1. The van der Waals surface area contributed by atoms with Crippen molar-refractivity contribution < 1.29 is 9.53 Å². The molecule has 0 spiro atoms. The van der Waals surface area contributed by atoms with Crippen molar-refractivity contribution in [2.45, 2.75) is 6.54 Å². The molecule has 0 fully saturated rings. The van der Waals surface area contributed by atoms with Gasteiger partial charge in [-0.05, 0) is 5.56 Å². The molecule has 2 N–H and O–H groups in total. The molecular weight excluding hydrogens is 252 g/mol. The first-order valence-electron chi connectivity index (χ1n) is 5.21. The van der Waals surface area contributed by atoms with E-state index in [2.05, 4.69) is 20.6 Å². The fourth-order valence-electron chi connectivity index (χ4n) is 1.25. The minimum Gasteiger partial charge on any atom is -0.481 e. The maximum atomic E-state index is 11.5. The number of hydrogen-bond donors (Lipinski definition) is 2. The Bertz CT molecular complexity index is 498. The van der Waals surface area contributed by atoms with Crippen molar-refractivity contribution in [3.8, 4) is 5.88 Å². The van der Waals surface area contributed by atoms with E-state index in [4.69, 9.17) is 4.74 Å². The van der Waals surface area contributed by atoms with Crippen LogP contribution in [-0.2, 0) is 6.54 Å². The van der Waals surface area contributed by atoms with Crippen molar-refractivity contribution in [2.75, 3.05) is 12.4 Å². The van der Waals surface area contributed by atoms with Crippen LogP contribution in [-0.4, -0.2) is 23.1 Å². The average Bonchev–Trinajstić information content (AvgIpc) is 2.90. The summed E-state index contributed by atoms with van der Waals surface area (Å²) in [5.41, 5.74) is 0.894. The highest BCUT2D eigenvalue weighted by Gasteiger charge is 2.03. The number of ether oxygens (including phenoxy) is 1. The standard InChI is InChI=1S/C11H12N4O2S/c1-17-9-3-2-8(6-13-9)7-14-10(16)15-11-12-4-5-18-11/h2-6H,7H2,1H3,(H2,12,14,15,16). The number of rotatable bonds is 4. The summed E-state index contributed by atoms with van der Waals surface area (Å²) in [4.78, 5) is 19.5. The lowest BCUT2D eigenvalue weighted by Gasteiger charge is -2.05. The second-order valence-corrected chi connectivity index (χ2v) is 4.25. The van der Waals surface area contributed by atoms with Crippen LogP contribution in [0.2, 0.25) is 0 Å². The largest absolute Gasteiger partial charge is 0.481 e. The number of hydrogen-bond acceptors (Lipinski definition) is 5. The summed E-state index contributed by atoms with van der Waals surface area (Å²) in [6.07, 6.45) is 3.29. The van der Waals surface area contributed by atoms with E-state index in [0.717, 1.165) is 5.56 Å². The molecule has 94 valence electrons. The number of amides is 2. The van der Waals surface area contributed by atoms with Crippen LogP contribution in [0.3, 0.4) is 0 Å². The third kappa shape index (κ3) is 3.42. The molecular formula is C11H12N4O2S. The summed E-state index contributed by atoms with van der Waals surface area (Å²) >= 11 is 1.37. The first-order chi connectivity index (χ1) is 8.78. The normalized spacial score (nSPS) is 9.83. The van der Waals surface area contributed by atoms with Gasteiger partial charge in [-0.3, -0.25) is 5.32 Å². The quantitative estimate of drug-likeness (QED) is 0.883. The van der Waals surface area contributed by atoms with E-state index in [0.29, 0.717) is 17.6 Å². The Morgan fingerprint density at radius 3 is 2.94 bits per heavy atom.